The number of aliphatic imine (C=N–C) groups is 2. The van der Waals surface area contributed by atoms with E-state index in [4.69, 9.17) is 9.83 Å². The number of nitrogens with zero attached hydrogens (tertiary/aromatic N) is 2. The number of aryl methyl sites for hydroxylation is 2. The molecule has 0 aliphatic carbocycles. The van der Waals surface area contributed by atoms with Crippen molar-refractivity contribution in [3.63, 3.8) is 0 Å². The van der Waals surface area contributed by atoms with Gasteiger partial charge in [0.1, 0.15) is 0 Å². The molecule has 2 heterocycles. The smallest absolute Gasteiger partial charge is 0.313 e. The largest absolute Gasteiger partial charge is 0.444 e. The van der Waals surface area contributed by atoms with Gasteiger partial charge in [-0.05, 0) is 59.1 Å². The van der Waals surface area contributed by atoms with E-state index in [2.05, 4.69) is 36.5 Å². The van der Waals surface area contributed by atoms with Crippen molar-refractivity contribution in [2.45, 2.75) is 13.8 Å². The van der Waals surface area contributed by atoms with E-state index in [0.717, 1.165) is 22.9 Å². The maximum atomic E-state index is 12.2. The summed E-state index contributed by atoms with van der Waals surface area (Å²) in [5.41, 5.74) is 2.22. The lowest BCUT2D eigenvalue weighted by atomic mass is 10.1. The lowest BCUT2D eigenvalue weighted by molar-refractivity contribution is -0.114. The number of thioether (sulfide) groups is 1. The second-order valence-corrected chi connectivity index (χ2v) is 7.99. The van der Waals surface area contributed by atoms with Gasteiger partial charge < -0.3 is 9.73 Å². The molecule has 9 nitrogen and oxygen atoms in total. The first-order chi connectivity index (χ1) is 14.2. The van der Waals surface area contributed by atoms with Gasteiger partial charge in [0, 0.05) is 5.69 Å². The summed E-state index contributed by atoms with van der Waals surface area (Å²) in [6.07, 6.45) is 0. The van der Waals surface area contributed by atoms with Crippen LogP contribution < -0.4 is 10.6 Å². The van der Waals surface area contributed by atoms with Crippen molar-refractivity contribution in [3.05, 3.63) is 51.9 Å². The number of hydrogen-bond acceptors (Lipinski definition) is 6. The molecular weight excluding hydrogens is 474 g/mol. The van der Waals surface area contributed by atoms with Gasteiger partial charge >= 0.3 is 5.91 Å². The zero-order valence-electron chi connectivity index (χ0n) is 15.9. The van der Waals surface area contributed by atoms with E-state index < -0.39 is 23.4 Å². The molecule has 3 N–H and O–H groups in total. The number of carbonyl (C=O) groups is 3. The Morgan fingerprint density at radius 2 is 2.07 bits per heavy atom. The second kappa shape index (κ2) is 9.18. The summed E-state index contributed by atoms with van der Waals surface area (Å²) in [4.78, 5) is 44.0. The minimum atomic E-state index is -0.810. The molecule has 0 saturated heterocycles. The van der Waals surface area contributed by atoms with Gasteiger partial charge in [-0.25, -0.2) is 4.99 Å². The first-order valence-electron chi connectivity index (χ1n) is 8.60. The van der Waals surface area contributed by atoms with Crippen molar-refractivity contribution >= 4 is 67.8 Å². The standard InChI is InChI=1S/C19H16BrN5O4S/c1-9-3-4-10(2)11(7-9)22-14(26)8-30-19-24-16(21)15(18(28)25-19)23-17(27)12-5-6-13(20)29-12/h3-7H,8H2,1-2H3,(H,22,26)(H2,21,24,25,28). The summed E-state index contributed by atoms with van der Waals surface area (Å²) < 4.78 is 5.42. The normalized spacial score (nSPS) is 15.0. The Morgan fingerprint density at radius 1 is 1.30 bits per heavy atom. The minimum absolute atomic E-state index is 0.0222. The Balaban J connectivity index is 1.62. The lowest BCUT2D eigenvalue weighted by Gasteiger charge is -2.15. The molecule has 1 aromatic heterocycles. The van der Waals surface area contributed by atoms with Gasteiger partial charge in [-0.1, -0.05) is 23.9 Å². The molecule has 1 aliphatic rings. The molecule has 0 unspecified atom stereocenters. The van der Waals surface area contributed by atoms with Gasteiger partial charge in [0.2, 0.25) is 5.91 Å². The van der Waals surface area contributed by atoms with E-state index in [-0.39, 0.29) is 22.6 Å². The highest BCUT2D eigenvalue weighted by atomic mass is 79.9. The molecular formula is C19H16BrN5O4S. The van der Waals surface area contributed by atoms with Gasteiger partial charge in [0.05, 0.1) is 5.75 Å². The lowest BCUT2D eigenvalue weighted by Crippen LogP contribution is -2.43. The highest BCUT2D eigenvalue weighted by Crippen LogP contribution is 2.18. The van der Waals surface area contributed by atoms with Crippen LogP contribution in [0.5, 0.6) is 0 Å². The molecule has 0 fully saturated rings. The number of amidine groups is 2. The number of benzene rings is 1. The second-order valence-electron chi connectivity index (χ2n) is 6.24. The van der Waals surface area contributed by atoms with Crippen LogP contribution in [0.3, 0.4) is 0 Å². The number of amides is 3. The van der Waals surface area contributed by atoms with Crippen LogP contribution in [0.15, 0.2) is 49.4 Å². The van der Waals surface area contributed by atoms with Gasteiger partial charge in [-0.2, -0.15) is 4.99 Å². The topological polar surface area (TPSA) is 137 Å². The number of furan rings is 1. The zero-order valence-corrected chi connectivity index (χ0v) is 18.3. The van der Waals surface area contributed by atoms with E-state index >= 15 is 0 Å². The molecule has 3 rings (SSSR count). The van der Waals surface area contributed by atoms with Gasteiger partial charge in [0.25, 0.3) is 5.91 Å². The fourth-order valence-corrected chi connectivity index (χ4v) is 3.36. The van der Waals surface area contributed by atoms with Crippen LogP contribution in [0.2, 0.25) is 0 Å². The molecule has 154 valence electrons. The minimum Gasteiger partial charge on any atom is -0.444 e. The Morgan fingerprint density at radius 3 is 2.73 bits per heavy atom. The molecule has 3 amide bonds. The van der Waals surface area contributed by atoms with E-state index in [1.807, 2.05) is 32.0 Å². The number of nitrogens with one attached hydrogen (secondary N) is 3. The number of carbonyl (C=O) groups excluding carboxylic acids is 3. The van der Waals surface area contributed by atoms with Crippen LogP contribution in [-0.4, -0.2) is 40.2 Å². The van der Waals surface area contributed by atoms with Crippen LogP contribution in [0.25, 0.3) is 0 Å². The molecule has 0 bridgehead atoms. The van der Waals surface area contributed by atoms with E-state index in [1.54, 1.807) is 0 Å². The first-order valence-corrected chi connectivity index (χ1v) is 10.4. The quantitative estimate of drug-likeness (QED) is 0.605. The molecule has 1 aliphatic heterocycles. The highest BCUT2D eigenvalue weighted by molar-refractivity contribution is 9.10. The highest BCUT2D eigenvalue weighted by Gasteiger charge is 2.27. The van der Waals surface area contributed by atoms with E-state index in [9.17, 15) is 14.4 Å². The molecule has 0 atom stereocenters. The van der Waals surface area contributed by atoms with Crippen LogP contribution >= 0.6 is 27.7 Å². The van der Waals surface area contributed by atoms with Crippen LogP contribution in [0.1, 0.15) is 21.7 Å². The average molecular weight is 490 g/mol. The summed E-state index contributed by atoms with van der Waals surface area (Å²) in [7, 11) is 0. The summed E-state index contributed by atoms with van der Waals surface area (Å²) in [6, 6.07) is 8.63. The molecule has 2 aromatic rings. The third kappa shape index (κ3) is 5.30. The molecule has 11 heteroatoms. The fraction of sp³-hybridized carbons (Fsp3) is 0.158. The summed E-state index contributed by atoms with van der Waals surface area (Å²) in [5, 5.41) is 13.2. The first kappa shape index (κ1) is 21.7. The molecule has 0 saturated carbocycles. The summed E-state index contributed by atoms with van der Waals surface area (Å²) in [6.45, 7) is 3.81. The Kier molecular flexibility index (Phi) is 6.63. The fourth-order valence-electron chi connectivity index (χ4n) is 2.39. The Labute approximate surface area is 184 Å². The molecule has 30 heavy (non-hydrogen) atoms. The third-order valence-corrected chi connectivity index (χ3v) is 5.18. The van der Waals surface area contributed by atoms with Crippen molar-refractivity contribution in [3.8, 4) is 0 Å². The molecule has 0 spiro atoms. The predicted molar refractivity (Wildman–Crippen MR) is 118 cm³/mol. The van der Waals surface area contributed by atoms with Crippen molar-refractivity contribution in [1.29, 1.82) is 5.41 Å². The SMILES string of the molecule is Cc1ccc(C)c(NC(=O)CSC2=NC(=N)C(=NC(=O)c3ccc(Br)o3)C(=O)N2)c1. The van der Waals surface area contributed by atoms with Gasteiger partial charge in [0.15, 0.2) is 27.1 Å². The number of rotatable bonds is 4. The van der Waals surface area contributed by atoms with Crippen molar-refractivity contribution in [2.75, 3.05) is 11.1 Å². The Hall–Kier alpha value is -3.05. The van der Waals surface area contributed by atoms with Crippen LogP contribution in [0.4, 0.5) is 5.69 Å². The van der Waals surface area contributed by atoms with E-state index in [0.29, 0.717) is 10.4 Å². The third-order valence-electron chi connectivity index (χ3n) is 3.88. The Bertz CT molecular complexity index is 1120. The maximum absolute atomic E-state index is 12.2. The predicted octanol–water partition coefficient (Wildman–Crippen LogP) is 3.08. The molecule has 0 radical (unpaired) electrons. The van der Waals surface area contributed by atoms with Crippen LogP contribution in [-0.2, 0) is 9.59 Å². The maximum Gasteiger partial charge on any atom is 0.313 e. The zero-order chi connectivity index (χ0) is 21.8. The van der Waals surface area contributed by atoms with Gasteiger partial charge in [-0.3, -0.25) is 25.1 Å². The number of anilines is 1. The van der Waals surface area contributed by atoms with Crippen molar-refractivity contribution in [2.24, 2.45) is 9.98 Å². The summed E-state index contributed by atoms with van der Waals surface area (Å²) >= 11 is 4.03. The monoisotopic (exact) mass is 489 g/mol. The van der Waals surface area contributed by atoms with Crippen molar-refractivity contribution < 1.29 is 18.8 Å². The number of halogens is 1. The van der Waals surface area contributed by atoms with Crippen molar-refractivity contribution in [1.82, 2.24) is 5.32 Å². The number of hydrogen-bond donors (Lipinski definition) is 3. The molecule has 1 aromatic carbocycles. The summed E-state index contributed by atoms with van der Waals surface area (Å²) in [5.74, 6) is -2.43. The van der Waals surface area contributed by atoms with Crippen LogP contribution in [0, 0.1) is 19.3 Å². The van der Waals surface area contributed by atoms with Gasteiger partial charge in [-0.15, -0.1) is 0 Å². The average Bonchev–Trinajstić information content (AvgIpc) is 3.12. The van der Waals surface area contributed by atoms with E-state index in [1.165, 1.54) is 12.1 Å².